The predicted molar refractivity (Wildman–Crippen MR) is 221 cm³/mol. The topological polar surface area (TPSA) is 0 Å². The second kappa shape index (κ2) is 10.9. The molecule has 0 aliphatic carbocycles. The van der Waals surface area contributed by atoms with E-state index in [0.29, 0.717) is 0 Å². The third-order valence-corrected chi connectivity index (χ3v) is 12.8. The van der Waals surface area contributed by atoms with Gasteiger partial charge in [0.05, 0.1) is 0 Å². The molecule has 0 spiro atoms. The molecule has 0 unspecified atom stereocenters. The maximum atomic E-state index is 2.44. The number of thiophene rings is 2. The van der Waals surface area contributed by atoms with Crippen molar-refractivity contribution in [3.8, 4) is 33.4 Å². The molecular weight excluding hydrogens is 641 g/mol. The Balaban J connectivity index is 1.12. The molecule has 2 heterocycles. The normalized spacial score (nSPS) is 12.0. The second-order valence-electron chi connectivity index (χ2n) is 13.2. The number of hydrogen-bond donors (Lipinski definition) is 0. The number of benzene rings is 9. The third kappa shape index (κ3) is 4.16. The van der Waals surface area contributed by atoms with Gasteiger partial charge in [0.15, 0.2) is 0 Å². The standard InChI is InChI=1S/C48H28S2/c1-2-10-29(11-3-1)30-18-20-31(21-19-30)46-35-13-4-6-15-37(35)47(38-16-7-5-14-36(38)46)33-23-25-44-42(27-33)39-24-22-32-26-41-34-12-8-9-17-43(34)49-45(41)28-40(32)48(39)50-44/h1-28H. The summed E-state index contributed by atoms with van der Waals surface area (Å²) in [4.78, 5) is 0. The lowest BCUT2D eigenvalue weighted by molar-refractivity contribution is 1.61. The van der Waals surface area contributed by atoms with E-state index >= 15 is 0 Å². The van der Waals surface area contributed by atoms with Crippen LogP contribution in [0.5, 0.6) is 0 Å². The zero-order valence-electron chi connectivity index (χ0n) is 27.0. The van der Waals surface area contributed by atoms with E-state index < -0.39 is 0 Å². The third-order valence-electron chi connectivity index (χ3n) is 10.5. The van der Waals surface area contributed by atoms with Crippen LogP contribution in [0.4, 0.5) is 0 Å². The summed E-state index contributed by atoms with van der Waals surface area (Å²) in [6, 6.07) is 63.0. The first-order valence-electron chi connectivity index (χ1n) is 17.1. The Labute approximate surface area is 297 Å². The number of rotatable bonds is 3. The van der Waals surface area contributed by atoms with Crippen LogP contribution in [0.3, 0.4) is 0 Å². The first-order valence-corrected chi connectivity index (χ1v) is 18.7. The molecule has 11 rings (SSSR count). The van der Waals surface area contributed by atoms with Gasteiger partial charge < -0.3 is 0 Å². The van der Waals surface area contributed by atoms with Gasteiger partial charge in [0.1, 0.15) is 0 Å². The summed E-state index contributed by atoms with van der Waals surface area (Å²) >= 11 is 3.82. The predicted octanol–water partition coefficient (Wildman–Crippen LogP) is 14.9. The molecule has 232 valence electrons. The molecular formula is C48H28S2. The monoisotopic (exact) mass is 668 g/mol. The Kier molecular flexibility index (Phi) is 6.09. The second-order valence-corrected chi connectivity index (χ2v) is 15.3. The maximum absolute atomic E-state index is 2.44. The number of hydrogen-bond acceptors (Lipinski definition) is 2. The molecule has 11 aromatic rings. The zero-order valence-corrected chi connectivity index (χ0v) is 28.6. The molecule has 0 radical (unpaired) electrons. The van der Waals surface area contributed by atoms with Crippen molar-refractivity contribution in [3.63, 3.8) is 0 Å². The van der Waals surface area contributed by atoms with Crippen LogP contribution < -0.4 is 0 Å². The highest BCUT2D eigenvalue weighted by Crippen LogP contribution is 2.47. The first kappa shape index (κ1) is 28.1. The fraction of sp³-hybridized carbons (Fsp3) is 0. The Morgan fingerprint density at radius 2 is 0.800 bits per heavy atom. The minimum absolute atomic E-state index is 1.23. The van der Waals surface area contributed by atoms with Crippen molar-refractivity contribution >= 4 is 95.3 Å². The molecule has 0 aliphatic rings. The fourth-order valence-electron chi connectivity index (χ4n) is 8.14. The van der Waals surface area contributed by atoms with Gasteiger partial charge in [0.25, 0.3) is 0 Å². The van der Waals surface area contributed by atoms with Crippen molar-refractivity contribution in [1.29, 1.82) is 0 Å². The van der Waals surface area contributed by atoms with Crippen LogP contribution in [-0.2, 0) is 0 Å². The Bertz CT molecular complexity index is 3070. The Morgan fingerprint density at radius 1 is 0.260 bits per heavy atom. The van der Waals surface area contributed by atoms with E-state index in [1.807, 2.05) is 22.7 Å². The highest BCUT2D eigenvalue weighted by Gasteiger charge is 2.18. The summed E-state index contributed by atoms with van der Waals surface area (Å²) in [5, 5.41) is 13.2. The van der Waals surface area contributed by atoms with Gasteiger partial charge in [-0.2, -0.15) is 0 Å². The smallest absolute Gasteiger partial charge is 0.0434 e. The summed E-state index contributed by atoms with van der Waals surface area (Å²) in [7, 11) is 0. The van der Waals surface area contributed by atoms with Gasteiger partial charge in [-0.05, 0) is 90.6 Å². The van der Waals surface area contributed by atoms with Crippen LogP contribution in [0, 0.1) is 0 Å². The quantitative estimate of drug-likeness (QED) is 0.164. The van der Waals surface area contributed by atoms with Gasteiger partial charge in [-0.1, -0.05) is 140 Å². The van der Waals surface area contributed by atoms with Crippen LogP contribution in [0.15, 0.2) is 170 Å². The average Bonchev–Trinajstić information content (AvgIpc) is 3.74. The molecule has 9 aromatic carbocycles. The summed E-state index contributed by atoms with van der Waals surface area (Å²) in [5.74, 6) is 0. The van der Waals surface area contributed by atoms with Crippen LogP contribution in [0.2, 0.25) is 0 Å². The molecule has 0 saturated carbocycles. The van der Waals surface area contributed by atoms with Crippen molar-refractivity contribution in [2.24, 2.45) is 0 Å². The van der Waals surface area contributed by atoms with Crippen molar-refractivity contribution in [3.05, 3.63) is 170 Å². The van der Waals surface area contributed by atoms with Crippen LogP contribution in [0.1, 0.15) is 0 Å². The van der Waals surface area contributed by atoms with Gasteiger partial charge in [-0.25, -0.2) is 0 Å². The van der Waals surface area contributed by atoms with Crippen LogP contribution in [0.25, 0.3) is 106 Å². The number of fused-ring (bicyclic) bond motifs is 10. The molecule has 2 aromatic heterocycles. The van der Waals surface area contributed by atoms with Gasteiger partial charge in [-0.15, -0.1) is 22.7 Å². The summed E-state index contributed by atoms with van der Waals surface area (Å²) in [5.41, 5.74) is 7.56. The highest BCUT2D eigenvalue weighted by atomic mass is 32.1. The highest BCUT2D eigenvalue weighted by molar-refractivity contribution is 7.27. The summed E-state index contributed by atoms with van der Waals surface area (Å²) < 4.78 is 5.41. The molecule has 0 saturated heterocycles. The van der Waals surface area contributed by atoms with E-state index in [4.69, 9.17) is 0 Å². The lowest BCUT2D eigenvalue weighted by atomic mass is 9.85. The van der Waals surface area contributed by atoms with E-state index in [1.54, 1.807) is 0 Å². The van der Waals surface area contributed by atoms with Crippen LogP contribution >= 0.6 is 22.7 Å². The molecule has 0 amide bonds. The molecule has 2 heteroatoms. The Morgan fingerprint density at radius 3 is 1.52 bits per heavy atom. The van der Waals surface area contributed by atoms with E-state index in [2.05, 4.69) is 170 Å². The Hall–Kier alpha value is -5.80. The lowest BCUT2D eigenvalue weighted by Gasteiger charge is -2.18. The van der Waals surface area contributed by atoms with Crippen molar-refractivity contribution in [1.82, 2.24) is 0 Å². The van der Waals surface area contributed by atoms with E-state index in [9.17, 15) is 0 Å². The fourth-order valence-corrected chi connectivity index (χ4v) is 10.5. The van der Waals surface area contributed by atoms with Gasteiger partial charge in [0.2, 0.25) is 0 Å². The lowest BCUT2D eigenvalue weighted by Crippen LogP contribution is -1.91. The van der Waals surface area contributed by atoms with E-state index in [0.717, 1.165) is 0 Å². The maximum Gasteiger partial charge on any atom is 0.0434 e. The zero-order chi connectivity index (χ0) is 32.8. The molecule has 50 heavy (non-hydrogen) atoms. The molecule has 0 aliphatic heterocycles. The summed E-state index contributed by atoms with van der Waals surface area (Å²) in [6.45, 7) is 0. The van der Waals surface area contributed by atoms with Crippen molar-refractivity contribution < 1.29 is 0 Å². The molecule has 0 bridgehead atoms. The minimum atomic E-state index is 1.23. The largest absolute Gasteiger partial charge is 0.135 e. The molecule has 0 N–H and O–H groups in total. The molecule has 0 nitrogen and oxygen atoms in total. The van der Waals surface area contributed by atoms with Gasteiger partial charge in [-0.3, -0.25) is 0 Å². The van der Waals surface area contributed by atoms with Crippen LogP contribution in [-0.4, -0.2) is 0 Å². The van der Waals surface area contributed by atoms with Crippen molar-refractivity contribution in [2.45, 2.75) is 0 Å². The molecule has 0 fully saturated rings. The van der Waals surface area contributed by atoms with Gasteiger partial charge in [0, 0.05) is 45.7 Å². The van der Waals surface area contributed by atoms with Crippen molar-refractivity contribution in [2.75, 3.05) is 0 Å². The van der Waals surface area contributed by atoms with E-state index in [1.165, 1.54) is 106 Å². The summed E-state index contributed by atoms with van der Waals surface area (Å²) in [6.07, 6.45) is 0. The minimum Gasteiger partial charge on any atom is -0.135 e. The van der Waals surface area contributed by atoms with E-state index in [-0.39, 0.29) is 0 Å². The first-order chi connectivity index (χ1) is 24.8. The average molecular weight is 669 g/mol. The molecule has 0 atom stereocenters. The van der Waals surface area contributed by atoms with Gasteiger partial charge >= 0.3 is 0 Å². The SMILES string of the molecule is c1ccc(-c2ccc(-c3c4ccccc4c(-c4ccc5sc6c7cc8sc9ccccc9c8cc7ccc6c5c4)c4ccccc34)cc2)cc1.